The second-order valence-electron chi connectivity index (χ2n) is 6.81. The number of morpholine rings is 1. The fraction of sp³-hybridized carbons (Fsp3) is 0.381. The fourth-order valence-corrected chi connectivity index (χ4v) is 3.18. The molecule has 1 N–H and O–H groups in total. The monoisotopic (exact) mass is 392 g/mol. The molecule has 28 heavy (non-hydrogen) atoms. The van der Waals surface area contributed by atoms with Crippen molar-refractivity contribution in [3.63, 3.8) is 0 Å². The van der Waals surface area contributed by atoms with Crippen molar-refractivity contribution in [1.29, 1.82) is 0 Å². The van der Waals surface area contributed by atoms with E-state index in [9.17, 15) is 18.0 Å². The first-order valence-corrected chi connectivity index (χ1v) is 9.21. The molecule has 1 amide bonds. The highest BCUT2D eigenvalue weighted by Gasteiger charge is 2.30. The number of hydrogen-bond acceptors (Lipinski definition) is 3. The van der Waals surface area contributed by atoms with Crippen LogP contribution >= 0.6 is 0 Å². The van der Waals surface area contributed by atoms with Crippen LogP contribution in [0.1, 0.15) is 22.3 Å². The number of halogens is 3. The predicted octanol–water partition coefficient (Wildman–Crippen LogP) is 3.40. The lowest BCUT2D eigenvalue weighted by molar-refractivity contribution is -0.137. The molecule has 0 bridgehead atoms. The van der Waals surface area contributed by atoms with Crippen LogP contribution in [0.5, 0.6) is 0 Å². The molecule has 0 spiro atoms. The normalized spacial score (nSPS) is 15.4. The van der Waals surface area contributed by atoms with Gasteiger partial charge in [-0.1, -0.05) is 42.5 Å². The first kappa shape index (κ1) is 20.4. The summed E-state index contributed by atoms with van der Waals surface area (Å²) in [5, 5.41) is 2.82. The van der Waals surface area contributed by atoms with Crippen molar-refractivity contribution in [2.75, 3.05) is 26.3 Å². The molecule has 1 saturated heterocycles. The van der Waals surface area contributed by atoms with Crippen molar-refractivity contribution in [3.8, 4) is 0 Å². The van der Waals surface area contributed by atoms with E-state index >= 15 is 0 Å². The maximum absolute atomic E-state index is 12.8. The number of carbonyl (C=O) groups is 1. The largest absolute Gasteiger partial charge is 0.416 e. The molecule has 2 aromatic rings. The fourth-order valence-electron chi connectivity index (χ4n) is 3.18. The minimum absolute atomic E-state index is 0.0877. The van der Waals surface area contributed by atoms with Gasteiger partial charge in [-0.2, -0.15) is 13.2 Å². The summed E-state index contributed by atoms with van der Waals surface area (Å²) in [4.78, 5) is 14.5. The van der Waals surface area contributed by atoms with E-state index in [1.807, 2.05) is 24.3 Å². The quantitative estimate of drug-likeness (QED) is 0.819. The van der Waals surface area contributed by atoms with Gasteiger partial charge in [-0.05, 0) is 22.8 Å². The average Bonchev–Trinajstić information content (AvgIpc) is 2.68. The third-order valence-electron chi connectivity index (χ3n) is 4.71. The zero-order valence-electron chi connectivity index (χ0n) is 15.5. The Morgan fingerprint density at radius 2 is 1.75 bits per heavy atom. The zero-order valence-corrected chi connectivity index (χ0v) is 15.5. The Morgan fingerprint density at radius 1 is 1.04 bits per heavy atom. The highest BCUT2D eigenvalue weighted by molar-refractivity contribution is 5.78. The topological polar surface area (TPSA) is 41.6 Å². The Morgan fingerprint density at radius 3 is 2.46 bits per heavy atom. The molecular formula is C21H23F3N2O2. The number of rotatable bonds is 6. The SMILES string of the molecule is O=C(Cc1cccc(C(F)(F)F)c1)NCc1ccccc1CN1CCOCC1. The summed E-state index contributed by atoms with van der Waals surface area (Å²) >= 11 is 0. The van der Waals surface area contributed by atoms with Gasteiger partial charge in [0.2, 0.25) is 5.91 Å². The third-order valence-corrected chi connectivity index (χ3v) is 4.71. The van der Waals surface area contributed by atoms with Gasteiger partial charge in [-0.15, -0.1) is 0 Å². The molecule has 0 aliphatic carbocycles. The van der Waals surface area contributed by atoms with E-state index in [-0.39, 0.29) is 12.3 Å². The standard InChI is InChI=1S/C21H23F3N2O2/c22-21(23,24)19-7-3-4-16(12-19)13-20(27)25-14-17-5-1-2-6-18(17)15-26-8-10-28-11-9-26/h1-7,12H,8-11,13-15H2,(H,25,27). The van der Waals surface area contributed by atoms with Crippen molar-refractivity contribution < 1.29 is 22.7 Å². The highest BCUT2D eigenvalue weighted by Crippen LogP contribution is 2.29. The molecule has 0 atom stereocenters. The molecule has 4 nitrogen and oxygen atoms in total. The minimum atomic E-state index is -4.41. The molecular weight excluding hydrogens is 369 g/mol. The van der Waals surface area contributed by atoms with Gasteiger partial charge >= 0.3 is 6.18 Å². The number of alkyl halides is 3. The molecule has 0 radical (unpaired) electrons. The molecule has 7 heteroatoms. The van der Waals surface area contributed by atoms with Crippen LogP contribution in [0.4, 0.5) is 13.2 Å². The van der Waals surface area contributed by atoms with Gasteiger partial charge in [0.15, 0.2) is 0 Å². The van der Waals surface area contributed by atoms with Crippen molar-refractivity contribution in [2.45, 2.75) is 25.7 Å². The molecule has 0 saturated carbocycles. The van der Waals surface area contributed by atoms with E-state index in [2.05, 4.69) is 10.2 Å². The zero-order chi connectivity index (χ0) is 20.0. The lowest BCUT2D eigenvalue weighted by atomic mass is 10.1. The van der Waals surface area contributed by atoms with Crippen LogP contribution in [-0.4, -0.2) is 37.1 Å². The van der Waals surface area contributed by atoms with Crippen LogP contribution < -0.4 is 5.32 Å². The maximum Gasteiger partial charge on any atom is 0.416 e. The maximum atomic E-state index is 12.8. The van der Waals surface area contributed by atoms with Crippen LogP contribution in [0.2, 0.25) is 0 Å². The second-order valence-corrected chi connectivity index (χ2v) is 6.81. The third kappa shape index (κ3) is 5.81. The van der Waals surface area contributed by atoms with Crippen LogP contribution in [0.15, 0.2) is 48.5 Å². The van der Waals surface area contributed by atoms with Crippen molar-refractivity contribution in [1.82, 2.24) is 10.2 Å². The second kappa shape index (κ2) is 9.21. The molecule has 1 heterocycles. The van der Waals surface area contributed by atoms with E-state index in [1.54, 1.807) is 0 Å². The number of amides is 1. The molecule has 0 unspecified atom stereocenters. The van der Waals surface area contributed by atoms with E-state index in [0.29, 0.717) is 12.1 Å². The first-order valence-electron chi connectivity index (χ1n) is 9.21. The number of carbonyl (C=O) groups excluding carboxylic acids is 1. The first-order chi connectivity index (χ1) is 13.4. The number of nitrogens with zero attached hydrogens (tertiary/aromatic N) is 1. The van der Waals surface area contributed by atoms with Crippen LogP contribution in [-0.2, 0) is 35.2 Å². The Bertz CT molecular complexity index is 802. The summed E-state index contributed by atoms with van der Waals surface area (Å²) in [7, 11) is 0. The van der Waals surface area contributed by atoms with Crippen molar-refractivity contribution in [3.05, 3.63) is 70.8 Å². The van der Waals surface area contributed by atoms with Crippen LogP contribution in [0, 0.1) is 0 Å². The summed E-state index contributed by atoms with van der Waals surface area (Å²) in [6, 6.07) is 12.7. The van der Waals surface area contributed by atoms with Gasteiger partial charge in [-0.25, -0.2) is 0 Å². The number of nitrogens with one attached hydrogen (secondary N) is 1. The minimum Gasteiger partial charge on any atom is -0.379 e. The van der Waals surface area contributed by atoms with Gasteiger partial charge in [0.1, 0.15) is 0 Å². The van der Waals surface area contributed by atoms with Crippen molar-refractivity contribution in [2.24, 2.45) is 0 Å². The van der Waals surface area contributed by atoms with Crippen LogP contribution in [0.3, 0.4) is 0 Å². The molecule has 150 valence electrons. The Hall–Kier alpha value is -2.38. The molecule has 1 aliphatic rings. The van der Waals surface area contributed by atoms with Gasteiger partial charge in [0, 0.05) is 26.2 Å². The summed E-state index contributed by atoms with van der Waals surface area (Å²) in [5.41, 5.74) is 1.73. The summed E-state index contributed by atoms with van der Waals surface area (Å²) < 4.78 is 43.8. The van der Waals surface area contributed by atoms with Gasteiger partial charge in [-0.3, -0.25) is 9.69 Å². The number of ether oxygens (including phenoxy) is 1. The van der Waals surface area contributed by atoms with Gasteiger partial charge in [0.25, 0.3) is 0 Å². The number of benzene rings is 2. The van der Waals surface area contributed by atoms with E-state index in [1.165, 1.54) is 12.1 Å². The van der Waals surface area contributed by atoms with Gasteiger partial charge in [0.05, 0.1) is 25.2 Å². The summed E-state index contributed by atoms with van der Waals surface area (Å²) in [6.45, 7) is 4.31. The molecule has 0 aromatic heterocycles. The number of hydrogen-bond donors (Lipinski definition) is 1. The summed E-state index contributed by atoms with van der Waals surface area (Å²) in [5.74, 6) is -0.305. The Kier molecular flexibility index (Phi) is 6.70. The van der Waals surface area contributed by atoms with E-state index in [4.69, 9.17) is 4.74 Å². The lowest BCUT2D eigenvalue weighted by Gasteiger charge is -2.27. The Labute approximate surface area is 162 Å². The summed E-state index contributed by atoms with van der Waals surface area (Å²) in [6.07, 6.45) is -4.50. The van der Waals surface area contributed by atoms with E-state index < -0.39 is 11.7 Å². The highest BCUT2D eigenvalue weighted by atomic mass is 19.4. The van der Waals surface area contributed by atoms with Gasteiger partial charge < -0.3 is 10.1 Å². The van der Waals surface area contributed by atoms with Crippen molar-refractivity contribution >= 4 is 5.91 Å². The molecule has 1 aliphatic heterocycles. The predicted molar refractivity (Wildman–Crippen MR) is 99.5 cm³/mol. The Balaban J connectivity index is 1.57. The molecule has 2 aromatic carbocycles. The lowest BCUT2D eigenvalue weighted by Crippen LogP contribution is -2.36. The molecule has 3 rings (SSSR count). The average molecular weight is 392 g/mol. The molecule has 1 fully saturated rings. The smallest absolute Gasteiger partial charge is 0.379 e. The van der Waals surface area contributed by atoms with E-state index in [0.717, 1.165) is 56.1 Å². The van der Waals surface area contributed by atoms with Crippen LogP contribution in [0.25, 0.3) is 0 Å².